The quantitative estimate of drug-likeness (QED) is 0.846. The molecule has 3 heteroatoms. The molecule has 0 aromatic heterocycles. The molecule has 0 unspecified atom stereocenters. The molecule has 1 N–H and O–H groups in total. The lowest BCUT2D eigenvalue weighted by molar-refractivity contribution is -0.0140. The van der Waals surface area contributed by atoms with Crippen LogP contribution >= 0.6 is 0 Å². The lowest BCUT2D eigenvalue weighted by Crippen LogP contribution is -2.17. The Labute approximate surface area is 113 Å². The van der Waals surface area contributed by atoms with Gasteiger partial charge in [0.1, 0.15) is 0 Å². The summed E-state index contributed by atoms with van der Waals surface area (Å²) in [5.41, 5.74) is 1.25. The highest BCUT2D eigenvalue weighted by atomic mass is 19.3. The minimum Gasteiger partial charge on any atom is -0.393 e. The Hall–Kier alpha value is -0.960. The van der Waals surface area contributed by atoms with Crippen LogP contribution in [0.5, 0.6) is 0 Å². The minimum absolute atomic E-state index is 0.0953. The van der Waals surface area contributed by atoms with Crippen molar-refractivity contribution in [1.82, 2.24) is 0 Å². The predicted molar refractivity (Wildman–Crippen MR) is 72.5 cm³/mol. The molecule has 0 aliphatic heterocycles. The number of aliphatic hydroxyl groups excluding tert-OH is 1. The fraction of sp³-hybridized carbons (Fsp3) is 0.625. The molecule has 1 aromatic carbocycles. The molecule has 0 radical (unpaired) electrons. The summed E-state index contributed by atoms with van der Waals surface area (Å²) in [5.74, 6) is -2.30. The summed E-state index contributed by atoms with van der Waals surface area (Å²) in [4.78, 5) is 0. The van der Waals surface area contributed by atoms with E-state index < -0.39 is 5.92 Å². The molecule has 19 heavy (non-hydrogen) atoms. The molecule has 2 rings (SSSR count). The van der Waals surface area contributed by atoms with Crippen LogP contribution in [0.15, 0.2) is 24.3 Å². The molecule has 1 fully saturated rings. The van der Waals surface area contributed by atoms with Gasteiger partial charge < -0.3 is 5.11 Å². The van der Waals surface area contributed by atoms with E-state index in [1.165, 1.54) is 0 Å². The molecular weight excluding hydrogens is 246 g/mol. The van der Waals surface area contributed by atoms with Crippen LogP contribution in [0.1, 0.15) is 62.5 Å². The zero-order valence-electron chi connectivity index (χ0n) is 11.4. The van der Waals surface area contributed by atoms with E-state index in [9.17, 15) is 13.9 Å². The van der Waals surface area contributed by atoms with Crippen molar-refractivity contribution < 1.29 is 13.9 Å². The second kappa shape index (κ2) is 6.00. The Balaban J connectivity index is 2.06. The summed E-state index contributed by atoms with van der Waals surface area (Å²) in [6.45, 7) is 1.77. The van der Waals surface area contributed by atoms with Crippen LogP contribution in [0.3, 0.4) is 0 Å². The number of aliphatic hydroxyl groups is 1. The zero-order valence-corrected chi connectivity index (χ0v) is 11.4. The monoisotopic (exact) mass is 268 g/mol. The van der Waals surface area contributed by atoms with Gasteiger partial charge in [-0.3, -0.25) is 0 Å². The predicted octanol–water partition coefficient (Wildman–Crippen LogP) is 4.60. The molecule has 0 bridgehead atoms. The molecule has 106 valence electrons. The van der Waals surface area contributed by atoms with Gasteiger partial charge in [0.25, 0.3) is 5.92 Å². The topological polar surface area (TPSA) is 20.2 Å². The van der Waals surface area contributed by atoms with E-state index in [1.54, 1.807) is 19.1 Å². The van der Waals surface area contributed by atoms with Crippen molar-refractivity contribution in [2.75, 3.05) is 0 Å². The van der Waals surface area contributed by atoms with Crippen molar-refractivity contribution in [2.45, 2.75) is 63.4 Å². The standard InChI is InChI=1S/C16H22F2O/c1-2-11-16(17,18)14-7-3-12(4-8-14)13-5-9-15(19)10-6-13/h3-4,7-8,13,15,19H,2,5-6,9-11H2,1H3. The third-order valence-electron chi connectivity index (χ3n) is 4.07. The van der Waals surface area contributed by atoms with Crippen molar-refractivity contribution in [3.63, 3.8) is 0 Å². The van der Waals surface area contributed by atoms with E-state index >= 15 is 0 Å². The van der Waals surface area contributed by atoms with Gasteiger partial charge in [-0.2, -0.15) is 0 Å². The van der Waals surface area contributed by atoms with Gasteiger partial charge in [-0.05, 0) is 37.2 Å². The van der Waals surface area contributed by atoms with Gasteiger partial charge in [-0.25, -0.2) is 8.78 Å². The average molecular weight is 268 g/mol. The van der Waals surface area contributed by atoms with Crippen LogP contribution in [0, 0.1) is 0 Å². The molecule has 1 aromatic rings. The van der Waals surface area contributed by atoms with Gasteiger partial charge >= 0.3 is 0 Å². The van der Waals surface area contributed by atoms with Gasteiger partial charge in [-0.15, -0.1) is 0 Å². The number of hydrogen-bond donors (Lipinski definition) is 1. The third kappa shape index (κ3) is 3.53. The fourth-order valence-corrected chi connectivity index (χ4v) is 2.87. The average Bonchev–Trinajstić information content (AvgIpc) is 2.40. The summed E-state index contributed by atoms with van der Waals surface area (Å²) in [7, 11) is 0. The second-order valence-electron chi connectivity index (χ2n) is 5.58. The molecule has 0 spiro atoms. The first-order valence-corrected chi connectivity index (χ1v) is 7.19. The maximum atomic E-state index is 13.7. The first-order valence-electron chi connectivity index (χ1n) is 7.19. The largest absolute Gasteiger partial charge is 0.393 e. The van der Waals surface area contributed by atoms with E-state index in [0.717, 1.165) is 31.2 Å². The molecule has 0 atom stereocenters. The molecule has 1 aliphatic rings. The van der Waals surface area contributed by atoms with Gasteiger partial charge in [0.15, 0.2) is 0 Å². The van der Waals surface area contributed by atoms with E-state index in [1.807, 2.05) is 12.1 Å². The van der Waals surface area contributed by atoms with Crippen LogP contribution in [-0.2, 0) is 5.92 Å². The summed E-state index contributed by atoms with van der Waals surface area (Å²) in [5, 5.41) is 9.48. The summed E-state index contributed by atoms with van der Waals surface area (Å²) < 4.78 is 27.5. The van der Waals surface area contributed by atoms with Gasteiger partial charge in [0.05, 0.1) is 6.10 Å². The van der Waals surface area contributed by atoms with E-state index in [0.29, 0.717) is 12.3 Å². The maximum Gasteiger partial charge on any atom is 0.273 e. The first-order chi connectivity index (χ1) is 9.03. The summed E-state index contributed by atoms with van der Waals surface area (Å²) in [6, 6.07) is 6.80. The Kier molecular flexibility index (Phi) is 4.56. The van der Waals surface area contributed by atoms with E-state index in [4.69, 9.17) is 0 Å². The first kappa shape index (κ1) is 14.4. The fourth-order valence-electron chi connectivity index (χ4n) is 2.87. The van der Waals surface area contributed by atoms with Crippen molar-refractivity contribution in [1.29, 1.82) is 0 Å². The van der Waals surface area contributed by atoms with Gasteiger partial charge in [0, 0.05) is 12.0 Å². The molecule has 1 nitrogen and oxygen atoms in total. The molecule has 1 saturated carbocycles. The number of benzene rings is 1. The Morgan fingerprint density at radius 3 is 2.21 bits per heavy atom. The van der Waals surface area contributed by atoms with Crippen LogP contribution in [0.2, 0.25) is 0 Å². The zero-order chi connectivity index (χ0) is 13.9. The maximum absolute atomic E-state index is 13.7. The molecule has 0 saturated heterocycles. The second-order valence-corrected chi connectivity index (χ2v) is 5.58. The number of hydrogen-bond acceptors (Lipinski definition) is 1. The van der Waals surface area contributed by atoms with Crippen molar-refractivity contribution in [3.05, 3.63) is 35.4 Å². The molecular formula is C16H22F2O. The highest BCUT2D eigenvalue weighted by Crippen LogP contribution is 2.36. The van der Waals surface area contributed by atoms with Crippen LogP contribution in [0.25, 0.3) is 0 Å². The van der Waals surface area contributed by atoms with Crippen LogP contribution < -0.4 is 0 Å². The number of halogens is 2. The minimum atomic E-state index is -2.71. The number of alkyl halides is 2. The van der Waals surface area contributed by atoms with Gasteiger partial charge in [-0.1, -0.05) is 37.6 Å². The highest BCUT2D eigenvalue weighted by Gasteiger charge is 2.30. The molecule has 1 aliphatic carbocycles. The summed E-state index contributed by atoms with van der Waals surface area (Å²) >= 11 is 0. The SMILES string of the molecule is CCCC(F)(F)c1ccc(C2CCC(O)CC2)cc1. The Morgan fingerprint density at radius 1 is 1.11 bits per heavy atom. The van der Waals surface area contributed by atoms with Crippen molar-refractivity contribution >= 4 is 0 Å². The smallest absolute Gasteiger partial charge is 0.273 e. The van der Waals surface area contributed by atoms with Crippen LogP contribution in [-0.4, -0.2) is 11.2 Å². The van der Waals surface area contributed by atoms with Crippen molar-refractivity contribution in [3.8, 4) is 0 Å². The normalized spacial score (nSPS) is 24.4. The van der Waals surface area contributed by atoms with E-state index in [2.05, 4.69) is 0 Å². The molecule has 0 heterocycles. The highest BCUT2D eigenvalue weighted by molar-refractivity contribution is 5.28. The van der Waals surface area contributed by atoms with Crippen molar-refractivity contribution in [2.24, 2.45) is 0 Å². The number of rotatable bonds is 4. The Morgan fingerprint density at radius 2 is 1.68 bits per heavy atom. The summed E-state index contributed by atoms with van der Waals surface area (Å²) in [6.07, 6.45) is 3.75. The molecule has 0 amide bonds. The lowest BCUT2D eigenvalue weighted by atomic mass is 9.82. The van der Waals surface area contributed by atoms with E-state index in [-0.39, 0.29) is 18.1 Å². The van der Waals surface area contributed by atoms with Crippen LogP contribution in [0.4, 0.5) is 8.78 Å². The third-order valence-corrected chi connectivity index (χ3v) is 4.07. The van der Waals surface area contributed by atoms with Gasteiger partial charge in [0.2, 0.25) is 0 Å². The lowest BCUT2D eigenvalue weighted by Gasteiger charge is -2.26. The Bertz CT molecular complexity index is 392.